The maximum absolute atomic E-state index is 11.1. The first-order valence-electron chi connectivity index (χ1n) is 3.72. The van der Waals surface area contributed by atoms with Crippen molar-refractivity contribution in [1.82, 2.24) is 0 Å². The summed E-state index contributed by atoms with van der Waals surface area (Å²) in [6.45, 7) is 0. The summed E-state index contributed by atoms with van der Waals surface area (Å²) in [6, 6.07) is 6.99. The van der Waals surface area contributed by atoms with Gasteiger partial charge in [0, 0.05) is 17.8 Å². The van der Waals surface area contributed by atoms with E-state index < -0.39 is 6.09 Å². The molecule has 0 saturated heterocycles. The van der Waals surface area contributed by atoms with Crippen LogP contribution in [-0.4, -0.2) is 20.3 Å². The molecule has 1 amide bonds. The minimum absolute atomic E-state index is 0.415. The Balaban J connectivity index is 2.88. The Labute approximate surface area is 81.9 Å². The molecule has 3 nitrogen and oxygen atoms in total. The first-order chi connectivity index (χ1) is 6.15. The van der Waals surface area contributed by atoms with Crippen LogP contribution in [0.2, 0.25) is 5.02 Å². The fraction of sp³-hybridized carbons (Fsp3) is 0.222. The molecule has 0 saturated carbocycles. The molecular formula is C9H10ClNO2. The number of carbonyl (C=O) groups excluding carboxylic acids is 1. The molecule has 0 aliphatic heterocycles. The summed E-state index contributed by atoms with van der Waals surface area (Å²) in [6.07, 6.45) is -0.415. The van der Waals surface area contributed by atoms with Gasteiger partial charge in [-0.3, -0.25) is 4.90 Å². The van der Waals surface area contributed by atoms with Crippen molar-refractivity contribution in [2.45, 2.75) is 0 Å². The predicted octanol–water partition coefficient (Wildman–Crippen LogP) is 2.54. The van der Waals surface area contributed by atoms with Gasteiger partial charge < -0.3 is 4.74 Å². The SMILES string of the molecule is COC(=O)N(C)c1cccc(Cl)c1. The van der Waals surface area contributed by atoms with Crippen LogP contribution in [0.15, 0.2) is 24.3 Å². The van der Waals surface area contributed by atoms with Crippen molar-refractivity contribution >= 4 is 23.4 Å². The highest BCUT2D eigenvalue weighted by atomic mass is 35.5. The van der Waals surface area contributed by atoms with Crippen LogP contribution in [-0.2, 0) is 4.74 Å². The molecule has 1 aromatic carbocycles. The second-order valence-corrected chi connectivity index (χ2v) is 2.95. The lowest BCUT2D eigenvalue weighted by molar-refractivity contribution is 0.180. The summed E-state index contributed by atoms with van der Waals surface area (Å²) >= 11 is 5.76. The molecule has 0 bridgehead atoms. The Morgan fingerprint density at radius 2 is 2.23 bits per heavy atom. The number of hydrogen-bond donors (Lipinski definition) is 0. The number of rotatable bonds is 1. The van der Waals surface area contributed by atoms with Gasteiger partial charge in [-0.15, -0.1) is 0 Å². The Hall–Kier alpha value is -1.22. The third kappa shape index (κ3) is 2.36. The molecule has 13 heavy (non-hydrogen) atoms. The summed E-state index contributed by atoms with van der Waals surface area (Å²) < 4.78 is 4.55. The highest BCUT2D eigenvalue weighted by Crippen LogP contribution is 2.18. The normalized spacial score (nSPS) is 9.46. The predicted molar refractivity (Wildman–Crippen MR) is 52.3 cm³/mol. The number of hydrogen-bond acceptors (Lipinski definition) is 2. The van der Waals surface area contributed by atoms with Crippen molar-refractivity contribution in [3.63, 3.8) is 0 Å². The monoisotopic (exact) mass is 199 g/mol. The number of benzene rings is 1. The lowest BCUT2D eigenvalue weighted by Crippen LogP contribution is -2.25. The summed E-state index contributed by atoms with van der Waals surface area (Å²) in [4.78, 5) is 12.5. The van der Waals surface area contributed by atoms with E-state index in [1.807, 2.05) is 0 Å². The van der Waals surface area contributed by atoms with Gasteiger partial charge in [-0.05, 0) is 18.2 Å². The first kappa shape index (κ1) is 9.86. The number of carbonyl (C=O) groups is 1. The summed E-state index contributed by atoms with van der Waals surface area (Å²) in [5.41, 5.74) is 0.708. The van der Waals surface area contributed by atoms with Crippen molar-refractivity contribution in [2.24, 2.45) is 0 Å². The van der Waals surface area contributed by atoms with Gasteiger partial charge in [0.25, 0.3) is 0 Å². The highest BCUT2D eigenvalue weighted by Gasteiger charge is 2.09. The number of anilines is 1. The Kier molecular flexibility index (Phi) is 3.14. The van der Waals surface area contributed by atoms with Crippen LogP contribution >= 0.6 is 11.6 Å². The fourth-order valence-corrected chi connectivity index (χ4v) is 1.11. The van der Waals surface area contributed by atoms with Crippen LogP contribution in [0.25, 0.3) is 0 Å². The van der Waals surface area contributed by atoms with Gasteiger partial charge in [0.2, 0.25) is 0 Å². The second-order valence-electron chi connectivity index (χ2n) is 2.51. The van der Waals surface area contributed by atoms with E-state index >= 15 is 0 Å². The van der Waals surface area contributed by atoms with Gasteiger partial charge in [0.15, 0.2) is 0 Å². The van der Waals surface area contributed by atoms with Gasteiger partial charge in [-0.25, -0.2) is 4.79 Å². The minimum atomic E-state index is -0.415. The molecule has 0 heterocycles. The van der Waals surface area contributed by atoms with E-state index in [-0.39, 0.29) is 0 Å². The zero-order chi connectivity index (χ0) is 9.84. The number of nitrogens with zero attached hydrogens (tertiary/aromatic N) is 1. The van der Waals surface area contributed by atoms with E-state index in [1.165, 1.54) is 12.0 Å². The molecule has 0 atom stereocenters. The third-order valence-corrected chi connectivity index (χ3v) is 1.88. The maximum Gasteiger partial charge on any atom is 0.413 e. The van der Waals surface area contributed by atoms with E-state index in [0.29, 0.717) is 10.7 Å². The Morgan fingerprint density at radius 1 is 1.54 bits per heavy atom. The van der Waals surface area contributed by atoms with Crippen molar-refractivity contribution in [3.05, 3.63) is 29.3 Å². The van der Waals surface area contributed by atoms with Crippen LogP contribution in [0.3, 0.4) is 0 Å². The van der Waals surface area contributed by atoms with E-state index in [2.05, 4.69) is 4.74 Å². The number of ether oxygens (including phenoxy) is 1. The third-order valence-electron chi connectivity index (χ3n) is 1.64. The average Bonchev–Trinajstić information content (AvgIpc) is 2.15. The average molecular weight is 200 g/mol. The van der Waals surface area contributed by atoms with Crippen LogP contribution in [0.1, 0.15) is 0 Å². The molecule has 0 N–H and O–H groups in total. The zero-order valence-corrected chi connectivity index (χ0v) is 8.21. The quantitative estimate of drug-likeness (QED) is 0.696. The maximum atomic E-state index is 11.1. The molecule has 0 aliphatic rings. The standard InChI is InChI=1S/C9H10ClNO2/c1-11(9(12)13-2)8-5-3-4-7(10)6-8/h3-6H,1-2H3. The Bertz CT molecular complexity index is 314. The second kappa shape index (κ2) is 4.14. The van der Waals surface area contributed by atoms with Gasteiger partial charge in [-0.2, -0.15) is 0 Å². The topological polar surface area (TPSA) is 29.5 Å². The number of methoxy groups -OCH3 is 1. The van der Waals surface area contributed by atoms with Gasteiger partial charge >= 0.3 is 6.09 Å². The summed E-state index contributed by atoms with van der Waals surface area (Å²) in [5.74, 6) is 0. The van der Waals surface area contributed by atoms with Crippen molar-refractivity contribution in [1.29, 1.82) is 0 Å². The van der Waals surface area contributed by atoms with E-state index in [1.54, 1.807) is 31.3 Å². The Morgan fingerprint density at radius 3 is 2.77 bits per heavy atom. The zero-order valence-electron chi connectivity index (χ0n) is 7.45. The molecule has 1 rings (SSSR count). The van der Waals surface area contributed by atoms with Crippen LogP contribution in [0.5, 0.6) is 0 Å². The van der Waals surface area contributed by atoms with Crippen LogP contribution in [0, 0.1) is 0 Å². The molecule has 0 unspecified atom stereocenters. The van der Waals surface area contributed by atoms with Crippen LogP contribution in [0.4, 0.5) is 10.5 Å². The molecule has 4 heteroatoms. The van der Waals surface area contributed by atoms with Crippen molar-refractivity contribution in [3.8, 4) is 0 Å². The lowest BCUT2D eigenvalue weighted by Gasteiger charge is -2.15. The number of halogens is 1. The molecular weight excluding hydrogens is 190 g/mol. The largest absolute Gasteiger partial charge is 0.452 e. The van der Waals surface area contributed by atoms with E-state index in [0.717, 1.165) is 0 Å². The highest BCUT2D eigenvalue weighted by molar-refractivity contribution is 6.30. The molecule has 0 aromatic heterocycles. The first-order valence-corrected chi connectivity index (χ1v) is 4.10. The molecule has 0 fully saturated rings. The van der Waals surface area contributed by atoms with Crippen LogP contribution < -0.4 is 4.90 Å². The molecule has 70 valence electrons. The minimum Gasteiger partial charge on any atom is -0.452 e. The van der Waals surface area contributed by atoms with Crippen molar-refractivity contribution < 1.29 is 9.53 Å². The lowest BCUT2D eigenvalue weighted by atomic mass is 10.3. The van der Waals surface area contributed by atoms with Crippen molar-refractivity contribution in [2.75, 3.05) is 19.1 Å². The number of amides is 1. The van der Waals surface area contributed by atoms with Gasteiger partial charge in [0.05, 0.1) is 7.11 Å². The summed E-state index contributed by atoms with van der Waals surface area (Å²) in [5, 5.41) is 0.591. The van der Waals surface area contributed by atoms with Gasteiger partial charge in [-0.1, -0.05) is 17.7 Å². The fourth-order valence-electron chi connectivity index (χ4n) is 0.927. The molecule has 0 aliphatic carbocycles. The molecule has 0 spiro atoms. The van der Waals surface area contributed by atoms with Gasteiger partial charge in [0.1, 0.15) is 0 Å². The summed E-state index contributed by atoms with van der Waals surface area (Å²) in [7, 11) is 2.96. The molecule has 1 aromatic rings. The smallest absolute Gasteiger partial charge is 0.413 e. The van der Waals surface area contributed by atoms with E-state index in [4.69, 9.17) is 11.6 Å². The molecule has 0 radical (unpaired) electrons. The van der Waals surface area contributed by atoms with E-state index in [9.17, 15) is 4.79 Å².